The molecule has 0 atom stereocenters. The second-order valence-corrected chi connectivity index (χ2v) is 6.06. The zero-order valence-electron chi connectivity index (χ0n) is 14.7. The van der Waals surface area contributed by atoms with Crippen molar-refractivity contribution in [3.8, 4) is 11.5 Å². The quantitative estimate of drug-likeness (QED) is 0.692. The van der Waals surface area contributed by atoms with E-state index in [0.29, 0.717) is 39.9 Å². The summed E-state index contributed by atoms with van der Waals surface area (Å²) >= 11 is 6.04. The predicted octanol–water partition coefficient (Wildman–Crippen LogP) is 3.99. The molecule has 1 heterocycles. The molecule has 1 aromatic heterocycles. The highest BCUT2D eigenvalue weighted by Gasteiger charge is 2.17. The van der Waals surface area contributed by atoms with Gasteiger partial charge in [0.25, 0.3) is 5.91 Å². The Morgan fingerprint density at radius 2 is 2.07 bits per heavy atom. The van der Waals surface area contributed by atoms with Crippen LogP contribution < -0.4 is 14.8 Å². The van der Waals surface area contributed by atoms with E-state index in [0.717, 1.165) is 0 Å². The fourth-order valence-corrected chi connectivity index (χ4v) is 2.83. The number of nitrogens with one attached hydrogen (secondary N) is 1. The molecule has 0 spiro atoms. The summed E-state index contributed by atoms with van der Waals surface area (Å²) in [6.45, 7) is 0.345. The van der Waals surface area contributed by atoms with Crippen LogP contribution in [0.25, 0.3) is 0 Å². The third kappa shape index (κ3) is 4.20. The smallest absolute Gasteiger partial charge is 0.259 e. The molecule has 140 valence electrons. The highest BCUT2D eigenvalue weighted by Crippen LogP contribution is 2.31. The maximum absolute atomic E-state index is 13.1. The average molecular weight is 390 g/mol. The van der Waals surface area contributed by atoms with Gasteiger partial charge < -0.3 is 14.8 Å². The van der Waals surface area contributed by atoms with Gasteiger partial charge in [-0.1, -0.05) is 23.7 Å². The van der Waals surface area contributed by atoms with Crippen molar-refractivity contribution in [2.45, 2.75) is 6.54 Å². The molecule has 1 amide bonds. The topological polar surface area (TPSA) is 65.4 Å². The number of rotatable bonds is 6. The summed E-state index contributed by atoms with van der Waals surface area (Å²) < 4.78 is 25.2. The fraction of sp³-hybridized carbons (Fsp3) is 0.158. The number of ether oxygens (including phenoxy) is 2. The number of carbonyl (C=O) groups excluding carboxylic acids is 1. The Kier molecular flexibility index (Phi) is 5.61. The largest absolute Gasteiger partial charge is 0.493 e. The van der Waals surface area contributed by atoms with Crippen LogP contribution in [0.1, 0.15) is 15.9 Å². The summed E-state index contributed by atoms with van der Waals surface area (Å²) in [6.07, 6.45) is 3.17. The van der Waals surface area contributed by atoms with Crippen molar-refractivity contribution in [1.82, 2.24) is 9.78 Å². The van der Waals surface area contributed by atoms with Gasteiger partial charge in [0.05, 0.1) is 38.2 Å². The zero-order valence-corrected chi connectivity index (χ0v) is 15.5. The monoisotopic (exact) mass is 389 g/mol. The van der Waals surface area contributed by atoms with Crippen LogP contribution in [-0.2, 0) is 6.54 Å². The average Bonchev–Trinajstić information content (AvgIpc) is 3.10. The Morgan fingerprint density at radius 1 is 1.26 bits per heavy atom. The summed E-state index contributed by atoms with van der Waals surface area (Å²) in [7, 11) is 2.98. The fourth-order valence-electron chi connectivity index (χ4n) is 2.60. The van der Waals surface area contributed by atoms with Crippen LogP contribution in [0.15, 0.2) is 48.8 Å². The number of hydrogen-bond acceptors (Lipinski definition) is 4. The van der Waals surface area contributed by atoms with Gasteiger partial charge in [-0.3, -0.25) is 9.48 Å². The Balaban J connectivity index is 1.75. The number of methoxy groups -OCH3 is 2. The molecule has 8 heteroatoms. The van der Waals surface area contributed by atoms with Crippen molar-refractivity contribution < 1.29 is 18.7 Å². The number of amides is 1. The lowest BCUT2D eigenvalue weighted by molar-refractivity contribution is 0.102. The lowest BCUT2D eigenvalue weighted by Gasteiger charge is -2.11. The van der Waals surface area contributed by atoms with E-state index in [2.05, 4.69) is 10.4 Å². The summed E-state index contributed by atoms with van der Waals surface area (Å²) in [5.41, 5.74) is 1.56. The van der Waals surface area contributed by atoms with E-state index in [1.807, 2.05) is 0 Å². The van der Waals surface area contributed by atoms with Crippen LogP contribution in [0.4, 0.5) is 10.1 Å². The van der Waals surface area contributed by atoms with E-state index in [-0.39, 0.29) is 5.91 Å². The van der Waals surface area contributed by atoms with Gasteiger partial charge in [0.2, 0.25) is 0 Å². The number of para-hydroxylation sites is 1. The first-order valence-corrected chi connectivity index (χ1v) is 8.38. The highest BCUT2D eigenvalue weighted by atomic mass is 35.5. The number of halogens is 2. The van der Waals surface area contributed by atoms with Gasteiger partial charge in [-0.05, 0) is 29.8 Å². The first-order chi connectivity index (χ1) is 13.0. The molecule has 2 aromatic carbocycles. The van der Waals surface area contributed by atoms with Crippen molar-refractivity contribution in [3.05, 3.63) is 70.8 Å². The SMILES string of the molecule is COc1cccc(C(=O)Nc2cnn(Cc3ccc(F)cc3Cl)c2)c1OC. The summed E-state index contributed by atoms with van der Waals surface area (Å²) in [4.78, 5) is 12.6. The summed E-state index contributed by atoms with van der Waals surface area (Å²) in [5.74, 6) is 0.0595. The summed E-state index contributed by atoms with van der Waals surface area (Å²) in [5, 5.41) is 7.27. The minimum Gasteiger partial charge on any atom is -0.493 e. The van der Waals surface area contributed by atoms with Gasteiger partial charge in [-0.15, -0.1) is 0 Å². The zero-order chi connectivity index (χ0) is 19.4. The second-order valence-electron chi connectivity index (χ2n) is 5.66. The maximum atomic E-state index is 13.1. The molecular formula is C19H17ClFN3O3. The normalized spacial score (nSPS) is 10.5. The van der Waals surface area contributed by atoms with E-state index >= 15 is 0 Å². The minimum atomic E-state index is -0.399. The Labute approximate surface area is 160 Å². The first kappa shape index (κ1) is 18.7. The van der Waals surface area contributed by atoms with Gasteiger partial charge in [0, 0.05) is 11.2 Å². The molecule has 0 aliphatic heterocycles. The van der Waals surface area contributed by atoms with Gasteiger partial charge in [-0.25, -0.2) is 4.39 Å². The molecule has 0 unspecified atom stereocenters. The van der Waals surface area contributed by atoms with Crippen LogP contribution in [0, 0.1) is 5.82 Å². The molecule has 0 aliphatic rings. The molecule has 0 saturated carbocycles. The molecular weight excluding hydrogens is 373 g/mol. The van der Waals surface area contributed by atoms with Crippen molar-refractivity contribution in [2.75, 3.05) is 19.5 Å². The van der Waals surface area contributed by atoms with Gasteiger partial charge in [-0.2, -0.15) is 5.10 Å². The molecule has 3 rings (SSSR count). The maximum Gasteiger partial charge on any atom is 0.259 e. The van der Waals surface area contributed by atoms with E-state index in [4.69, 9.17) is 21.1 Å². The van der Waals surface area contributed by atoms with Gasteiger partial charge in [0.1, 0.15) is 5.82 Å². The molecule has 0 saturated heterocycles. The van der Waals surface area contributed by atoms with Crippen LogP contribution >= 0.6 is 11.6 Å². The third-order valence-corrected chi connectivity index (χ3v) is 4.24. The first-order valence-electron chi connectivity index (χ1n) is 8.00. The number of aromatic nitrogens is 2. The second kappa shape index (κ2) is 8.09. The van der Waals surface area contributed by atoms with Crippen LogP contribution in [0.5, 0.6) is 11.5 Å². The summed E-state index contributed by atoms with van der Waals surface area (Å²) in [6, 6.07) is 9.23. The van der Waals surface area contributed by atoms with Crippen molar-refractivity contribution >= 4 is 23.2 Å². The molecule has 0 bridgehead atoms. The lowest BCUT2D eigenvalue weighted by Crippen LogP contribution is -2.13. The van der Waals surface area contributed by atoms with Crippen LogP contribution in [0.2, 0.25) is 5.02 Å². The molecule has 1 N–H and O–H groups in total. The lowest BCUT2D eigenvalue weighted by atomic mass is 10.1. The van der Waals surface area contributed by atoms with E-state index in [1.165, 1.54) is 32.5 Å². The molecule has 6 nitrogen and oxygen atoms in total. The van der Waals surface area contributed by atoms with E-state index in [1.54, 1.807) is 35.1 Å². The predicted molar refractivity (Wildman–Crippen MR) is 100 cm³/mol. The molecule has 0 fully saturated rings. The van der Waals surface area contributed by atoms with Crippen molar-refractivity contribution in [3.63, 3.8) is 0 Å². The van der Waals surface area contributed by atoms with Gasteiger partial charge >= 0.3 is 0 Å². The molecule has 0 radical (unpaired) electrons. The minimum absolute atomic E-state index is 0.317. The van der Waals surface area contributed by atoms with Gasteiger partial charge in [0.15, 0.2) is 11.5 Å². The number of carbonyl (C=O) groups is 1. The van der Waals surface area contributed by atoms with Crippen molar-refractivity contribution in [2.24, 2.45) is 0 Å². The van der Waals surface area contributed by atoms with Crippen molar-refractivity contribution in [1.29, 1.82) is 0 Å². The Hall–Kier alpha value is -3.06. The number of anilines is 1. The standard InChI is InChI=1S/C19H17ClFN3O3/c1-26-17-5-3-4-15(18(17)27-2)19(25)23-14-9-22-24(11-14)10-12-6-7-13(21)8-16(12)20/h3-9,11H,10H2,1-2H3,(H,23,25). The van der Waals surface area contributed by atoms with E-state index < -0.39 is 5.82 Å². The third-order valence-electron chi connectivity index (χ3n) is 3.89. The molecule has 0 aliphatic carbocycles. The molecule has 3 aromatic rings. The number of benzene rings is 2. The number of nitrogens with zero attached hydrogens (tertiary/aromatic N) is 2. The van der Waals surface area contributed by atoms with E-state index in [9.17, 15) is 9.18 Å². The highest BCUT2D eigenvalue weighted by molar-refractivity contribution is 6.31. The Morgan fingerprint density at radius 3 is 2.78 bits per heavy atom. The number of hydrogen-bond donors (Lipinski definition) is 1. The Bertz CT molecular complexity index is 975. The van der Waals surface area contributed by atoms with Crippen LogP contribution in [-0.4, -0.2) is 29.9 Å². The molecule has 27 heavy (non-hydrogen) atoms. The van der Waals surface area contributed by atoms with Crippen LogP contribution in [0.3, 0.4) is 0 Å².